The number of nitro groups is 1. The van der Waals surface area contributed by atoms with E-state index in [-0.39, 0.29) is 51.9 Å². The Kier molecular flexibility index (Phi) is 12.2. The minimum Gasteiger partial charge on any atom is -0.481 e. The van der Waals surface area contributed by atoms with E-state index in [1.54, 1.807) is 0 Å². The molecule has 6 rings (SSSR count). The summed E-state index contributed by atoms with van der Waals surface area (Å²) in [7, 11) is 0. The number of fused-ring (bicyclic) bond motifs is 6. The lowest BCUT2D eigenvalue weighted by molar-refractivity contribution is -0.383. The summed E-state index contributed by atoms with van der Waals surface area (Å²) in [6, 6.07) is 1.33. The second-order valence-electron chi connectivity index (χ2n) is 16.7. The van der Waals surface area contributed by atoms with Crippen molar-refractivity contribution >= 4 is 47.0 Å². The van der Waals surface area contributed by atoms with Gasteiger partial charge in [-0.25, -0.2) is 9.42 Å². The molecule has 0 aliphatic heterocycles. The lowest BCUT2D eigenvalue weighted by Gasteiger charge is -2.61. The monoisotopic (exact) mass is 753 g/mol. The highest BCUT2D eigenvalue weighted by Gasteiger charge is 2.60. The van der Waals surface area contributed by atoms with Gasteiger partial charge in [-0.15, -0.1) is 0 Å². The molecule has 0 saturated heterocycles. The van der Waals surface area contributed by atoms with Gasteiger partial charge in [0.25, 0.3) is 0 Å². The number of carbonyl (C=O) groups excluding carboxylic acids is 2. The zero-order chi connectivity index (χ0) is 38.6. The van der Waals surface area contributed by atoms with Crippen LogP contribution in [0.25, 0.3) is 11.0 Å². The Morgan fingerprint density at radius 1 is 1.06 bits per heavy atom. The second kappa shape index (κ2) is 16.7. The quantitative estimate of drug-likeness (QED) is 0.0573. The fourth-order valence-electron chi connectivity index (χ4n) is 11.3. The first-order chi connectivity index (χ1) is 25.9. The Morgan fingerprint density at radius 3 is 2.57 bits per heavy atom. The van der Waals surface area contributed by atoms with Crippen LogP contribution in [-0.2, 0) is 28.6 Å². The molecule has 0 radical (unpaired) electrons. The van der Waals surface area contributed by atoms with Crippen LogP contribution >= 0.6 is 0 Å². The summed E-state index contributed by atoms with van der Waals surface area (Å²) in [5, 5.41) is 31.3. The van der Waals surface area contributed by atoms with Crippen LogP contribution in [0.15, 0.2) is 21.8 Å². The fourth-order valence-corrected chi connectivity index (χ4v) is 11.3. The molecular weight excluding hydrogens is 698 g/mol. The first kappa shape index (κ1) is 39.6. The molecule has 1 unspecified atom stereocenters. The summed E-state index contributed by atoms with van der Waals surface area (Å²) in [5.74, 6) is 1.34. The van der Waals surface area contributed by atoms with Crippen LogP contribution in [0.4, 0.5) is 11.4 Å². The molecule has 2 N–H and O–H groups in total. The Morgan fingerprint density at radius 2 is 1.81 bits per heavy atom. The zero-order valence-electron chi connectivity index (χ0n) is 31.7. The smallest absolute Gasteiger partial charge is 0.329 e. The maximum Gasteiger partial charge on any atom is 0.329 e. The number of non-ortho nitro benzene ring substituents is 1. The normalized spacial score (nSPS) is 31.3. The molecule has 4 fully saturated rings. The molecule has 54 heavy (non-hydrogen) atoms. The van der Waals surface area contributed by atoms with Crippen molar-refractivity contribution in [2.45, 2.75) is 110 Å². The third kappa shape index (κ3) is 8.11. The van der Waals surface area contributed by atoms with E-state index >= 15 is 0 Å². The number of nitro benzene ring substituents is 1. The van der Waals surface area contributed by atoms with Gasteiger partial charge in [0.15, 0.2) is 5.52 Å². The molecule has 0 spiro atoms. The number of anilines is 1. The van der Waals surface area contributed by atoms with Crippen LogP contribution in [-0.4, -0.2) is 83.5 Å². The van der Waals surface area contributed by atoms with E-state index in [4.69, 9.17) is 18.8 Å². The van der Waals surface area contributed by atoms with Crippen LogP contribution in [0.1, 0.15) is 97.8 Å². The molecule has 4 aliphatic rings. The molecular formula is C39H55N5O10. The predicted octanol–water partition coefficient (Wildman–Crippen LogP) is 6.63. The van der Waals surface area contributed by atoms with E-state index in [9.17, 15) is 29.6 Å². The molecule has 1 aromatic heterocycles. The van der Waals surface area contributed by atoms with Crippen molar-refractivity contribution < 1.29 is 43.3 Å². The summed E-state index contributed by atoms with van der Waals surface area (Å²) in [6.07, 6.45) is 9.85. The molecule has 1 aromatic carbocycles. The summed E-state index contributed by atoms with van der Waals surface area (Å²) >= 11 is 0. The molecule has 10 atom stereocenters. The summed E-state index contributed by atoms with van der Waals surface area (Å²) in [5.41, 5.74) is 0.213. The summed E-state index contributed by atoms with van der Waals surface area (Å²) < 4.78 is 21.6. The van der Waals surface area contributed by atoms with Gasteiger partial charge in [0.1, 0.15) is 18.8 Å². The first-order valence-electron chi connectivity index (χ1n) is 19.6. The number of carbonyl (C=O) groups is 3. The van der Waals surface area contributed by atoms with Crippen molar-refractivity contribution in [3.8, 4) is 0 Å². The number of aromatic nitrogens is 2. The minimum absolute atomic E-state index is 0.0275. The Hall–Kier alpha value is -4.14. The van der Waals surface area contributed by atoms with Gasteiger partial charge in [-0.3, -0.25) is 24.7 Å². The van der Waals surface area contributed by atoms with Crippen molar-refractivity contribution in [1.82, 2.24) is 10.3 Å². The highest BCUT2D eigenvalue weighted by Crippen LogP contribution is 2.68. The minimum atomic E-state index is -1.24. The summed E-state index contributed by atoms with van der Waals surface area (Å²) in [6.45, 7) is 12.4. The molecule has 15 nitrogen and oxygen atoms in total. The molecule has 4 aliphatic carbocycles. The highest BCUT2D eigenvalue weighted by atomic mass is 16.6. The number of ether oxygens (including phenoxy) is 3. The number of esters is 2. The number of hydrogen-bond donors (Lipinski definition) is 2. The van der Waals surface area contributed by atoms with Gasteiger partial charge in [0.05, 0.1) is 36.8 Å². The van der Waals surface area contributed by atoms with E-state index in [0.29, 0.717) is 68.1 Å². The van der Waals surface area contributed by atoms with E-state index in [2.05, 4.69) is 48.1 Å². The second-order valence-corrected chi connectivity index (χ2v) is 16.7. The number of benzene rings is 1. The van der Waals surface area contributed by atoms with Crippen molar-refractivity contribution in [3.05, 3.63) is 22.2 Å². The van der Waals surface area contributed by atoms with Crippen molar-refractivity contribution in [2.24, 2.45) is 51.3 Å². The van der Waals surface area contributed by atoms with E-state index < -0.39 is 29.3 Å². The third-order valence-electron chi connectivity index (χ3n) is 13.9. The predicted molar refractivity (Wildman–Crippen MR) is 198 cm³/mol. The largest absolute Gasteiger partial charge is 0.481 e. The molecule has 0 bridgehead atoms. The number of nitrogens with one attached hydrogen (secondary N) is 1. The molecule has 296 valence electrons. The van der Waals surface area contributed by atoms with Crippen molar-refractivity contribution in [3.63, 3.8) is 0 Å². The van der Waals surface area contributed by atoms with Gasteiger partial charge >= 0.3 is 23.6 Å². The lowest BCUT2D eigenvalue weighted by atomic mass is 9.44. The number of carboxylic acid groups (broad SMARTS) is 1. The van der Waals surface area contributed by atoms with Gasteiger partial charge in [0.2, 0.25) is 5.52 Å². The number of aliphatic carboxylic acids is 1. The van der Waals surface area contributed by atoms with Gasteiger partial charge in [0, 0.05) is 12.5 Å². The van der Waals surface area contributed by atoms with Crippen LogP contribution in [0, 0.1) is 56.5 Å². The van der Waals surface area contributed by atoms with Crippen LogP contribution in [0.3, 0.4) is 0 Å². The number of carboxylic acids is 1. The molecule has 4 saturated carbocycles. The van der Waals surface area contributed by atoms with E-state index in [1.165, 1.54) is 37.8 Å². The van der Waals surface area contributed by atoms with Crippen molar-refractivity contribution in [1.29, 1.82) is 0 Å². The zero-order valence-corrected chi connectivity index (χ0v) is 31.7. The Bertz CT molecular complexity index is 1700. The van der Waals surface area contributed by atoms with Gasteiger partial charge in [-0.2, -0.15) is 0 Å². The summed E-state index contributed by atoms with van der Waals surface area (Å²) in [4.78, 5) is 52.4. The average Bonchev–Trinajstić information content (AvgIpc) is 3.77. The van der Waals surface area contributed by atoms with Gasteiger partial charge < -0.3 is 24.6 Å². The van der Waals surface area contributed by atoms with Crippen molar-refractivity contribution in [2.75, 3.05) is 31.7 Å². The number of aliphatic imine (C=N–C) groups is 1. The molecule has 1 heterocycles. The van der Waals surface area contributed by atoms with E-state index in [0.717, 1.165) is 32.1 Å². The topological polar surface area (TPSA) is 206 Å². The SMILES string of the molecule is C=NCCOCCOC(=O)CC[C@@H](C)C1CC[C@H]2[C@@H]3CC[C@@H]4C[C@H](OC(=O)[C@H](CC(=O)O)Nc5ccc([N+](=O)[O-])c6nonc56)CC[C@]4(C)[C@H]3CC[C@]12C. The first-order valence-corrected chi connectivity index (χ1v) is 19.6. The lowest BCUT2D eigenvalue weighted by Crippen LogP contribution is -2.54. The number of rotatable bonds is 17. The van der Waals surface area contributed by atoms with Crippen LogP contribution in [0.2, 0.25) is 0 Å². The van der Waals surface area contributed by atoms with Gasteiger partial charge in [-0.1, -0.05) is 20.8 Å². The molecule has 0 amide bonds. The Labute approximate surface area is 315 Å². The average molecular weight is 754 g/mol. The third-order valence-corrected chi connectivity index (χ3v) is 13.9. The maximum atomic E-state index is 13.5. The van der Waals surface area contributed by atoms with Gasteiger partial charge in [-0.05, 0) is 134 Å². The number of nitrogens with zero attached hydrogens (tertiary/aromatic N) is 4. The fraction of sp³-hybridized carbons (Fsp3) is 0.744. The van der Waals surface area contributed by atoms with Crippen LogP contribution < -0.4 is 5.32 Å². The Balaban J connectivity index is 1.03. The molecule has 15 heteroatoms. The highest BCUT2D eigenvalue weighted by molar-refractivity contribution is 5.95. The van der Waals surface area contributed by atoms with Crippen LogP contribution in [0.5, 0.6) is 0 Å². The standard InChI is InChI=1S/C39H55N5O10/c1-23(5-12-34(47)52-20-19-51-18-17-40-4)27-8-9-28-26-7-6-24-21-25(13-15-38(24,2)29(26)14-16-39(27,28)3)53-37(48)31(22-33(45)46)41-30-10-11-32(44(49)50)36-35(30)42-54-43-36/h10-11,23-29,31,41H,4-9,12-22H2,1-3H3,(H,45,46)/t23-,24-,25-,26+,27?,28+,29+,31+,38+,39-/m1/s1. The maximum absolute atomic E-state index is 13.5. The molecule has 2 aromatic rings. The number of hydrogen-bond acceptors (Lipinski definition) is 13. The van der Waals surface area contributed by atoms with E-state index in [1.807, 2.05) is 0 Å².